The summed E-state index contributed by atoms with van der Waals surface area (Å²) < 4.78 is 13.3. The molecule has 1 aromatic carbocycles. The Morgan fingerprint density at radius 1 is 1.53 bits per heavy atom. The maximum absolute atomic E-state index is 13.3. The Hall–Kier alpha value is -1.62. The molecule has 0 saturated carbocycles. The predicted octanol–water partition coefficient (Wildman–Crippen LogP) is 0.225. The highest BCUT2D eigenvalue weighted by molar-refractivity contribution is 5.95. The third-order valence-electron chi connectivity index (χ3n) is 2.37. The summed E-state index contributed by atoms with van der Waals surface area (Å²) in [5.41, 5.74) is 5.65. The molecule has 1 aliphatic rings. The molecule has 1 amide bonds. The minimum Gasteiger partial charge on any atom is -0.399 e. The smallest absolute Gasteiger partial charge is 0.257 e. The molecule has 5 heteroatoms. The number of benzene rings is 1. The molecule has 15 heavy (non-hydrogen) atoms. The van der Waals surface area contributed by atoms with E-state index >= 15 is 0 Å². The summed E-state index contributed by atoms with van der Waals surface area (Å²) in [5, 5.41) is 9.02. The topological polar surface area (TPSA) is 66.6 Å². The zero-order valence-corrected chi connectivity index (χ0v) is 7.98. The van der Waals surface area contributed by atoms with E-state index in [-0.39, 0.29) is 24.3 Å². The van der Waals surface area contributed by atoms with Gasteiger partial charge in [-0.2, -0.15) is 0 Å². The fourth-order valence-electron chi connectivity index (χ4n) is 1.50. The Labute approximate surface area is 86.1 Å². The number of nitrogen functional groups attached to an aromatic ring is 1. The first-order valence-electron chi connectivity index (χ1n) is 4.60. The standard InChI is InChI=1S/C10H11FN2O2/c11-9-3-6(12)1-2-8(9)10(15)13-4-7(14)5-13/h1-3,7,14H,4-5,12H2. The maximum Gasteiger partial charge on any atom is 0.257 e. The number of aliphatic hydroxyl groups is 1. The summed E-state index contributed by atoms with van der Waals surface area (Å²) in [6.45, 7) is 0.533. The minimum atomic E-state index is -0.624. The third kappa shape index (κ3) is 1.78. The van der Waals surface area contributed by atoms with Crippen LogP contribution >= 0.6 is 0 Å². The Bertz CT molecular complexity index is 402. The van der Waals surface area contributed by atoms with Gasteiger partial charge in [0.25, 0.3) is 5.91 Å². The van der Waals surface area contributed by atoms with Crippen molar-refractivity contribution >= 4 is 11.6 Å². The van der Waals surface area contributed by atoms with Crippen molar-refractivity contribution in [3.8, 4) is 0 Å². The minimum absolute atomic E-state index is 0.00361. The van der Waals surface area contributed by atoms with Crippen LogP contribution in [0, 0.1) is 5.82 Å². The van der Waals surface area contributed by atoms with Gasteiger partial charge in [0.2, 0.25) is 0 Å². The molecule has 1 heterocycles. The molecule has 4 nitrogen and oxygen atoms in total. The quantitative estimate of drug-likeness (QED) is 0.652. The molecule has 1 saturated heterocycles. The monoisotopic (exact) mass is 210 g/mol. The number of nitrogens with two attached hydrogens (primary N) is 1. The molecule has 0 atom stereocenters. The number of hydrogen-bond donors (Lipinski definition) is 2. The number of carbonyl (C=O) groups is 1. The van der Waals surface area contributed by atoms with Crippen molar-refractivity contribution in [2.24, 2.45) is 0 Å². The van der Waals surface area contributed by atoms with Crippen LogP contribution in [0.2, 0.25) is 0 Å². The van der Waals surface area contributed by atoms with E-state index in [2.05, 4.69) is 0 Å². The lowest BCUT2D eigenvalue weighted by atomic mass is 10.1. The SMILES string of the molecule is Nc1ccc(C(=O)N2CC(O)C2)c(F)c1. The first-order chi connectivity index (χ1) is 7.08. The molecule has 2 rings (SSSR count). The molecule has 0 bridgehead atoms. The van der Waals surface area contributed by atoms with E-state index in [1.165, 1.54) is 17.0 Å². The summed E-state index contributed by atoms with van der Waals surface area (Å²) >= 11 is 0. The van der Waals surface area contributed by atoms with E-state index in [9.17, 15) is 9.18 Å². The average molecular weight is 210 g/mol. The third-order valence-corrected chi connectivity index (χ3v) is 2.37. The number of halogens is 1. The number of hydrogen-bond acceptors (Lipinski definition) is 3. The van der Waals surface area contributed by atoms with Crippen LogP contribution in [0.3, 0.4) is 0 Å². The van der Waals surface area contributed by atoms with Crippen molar-refractivity contribution in [3.63, 3.8) is 0 Å². The number of amides is 1. The largest absolute Gasteiger partial charge is 0.399 e. The van der Waals surface area contributed by atoms with Crippen LogP contribution in [0.4, 0.5) is 10.1 Å². The second-order valence-corrected chi connectivity index (χ2v) is 3.60. The van der Waals surface area contributed by atoms with Gasteiger partial charge >= 0.3 is 0 Å². The number of anilines is 1. The Kier molecular flexibility index (Phi) is 2.32. The van der Waals surface area contributed by atoms with Gasteiger partial charge in [-0.25, -0.2) is 4.39 Å². The molecule has 0 aliphatic carbocycles. The lowest BCUT2D eigenvalue weighted by Crippen LogP contribution is -2.53. The van der Waals surface area contributed by atoms with Crippen molar-refractivity contribution < 1.29 is 14.3 Å². The summed E-state index contributed by atoms with van der Waals surface area (Å²) in [7, 11) is 0. The molecule has 80 valence electrons. The highest BCUT2D eigenvalue weighted by Gasteiger charge is 2.30. The maximum atomic E-state index is 13.3. The first-order valence-corrected chi connectivity index (χ1v) is 4.60. The van der Waals surface area contributed by atoms with Gasteiger partial charge in [-0.1, -0.05) is 0 Å². The predicted molar refractivity (Wildman–Crippen MR) is 52.7 cm³/mol. The zero-order chi connectivity index (χ0) is 11.0. The summed E-state index contributed by atoms with van der Waals surface area (Å²) in [6.07, 6.45) is -0.481. The fourth-order valence-corrected chi connectivity index (χ4v) is 1.50. The fraction of sp³-hybridized carbons (Fsp3) is 0.300. The van der Waals surface area contributed by atoms with Gasteiger partial charge in [0.1, 0.15) is 5.82 Å². The van der Waals surface area contributed by atoms with Gasteiger partial charge in [-0.05, 0) is 18.2 Å². The van der Waals surface area contributed by atoms with Crippen molar-refractivity contribution in [2.75, 3.05) is 18.8 Å². The highest BCUT2D eigenvalue weighted by atomic mass is 19.1. The number of aliphatic hydroxyl groups excluding tert-OH is 1. The second kappa shape index (κ2) is 3.51. The van der Waals surface area contributed by atoms with E-state index < -0.39 is 17.8 Å². The molecule has 0 radical (unpaired) electrons. The van der Waals surface area contributed by atoms with Crippen molar-refractivity contribution in [3.05, 3.63) is 29.6 Å². The Balaban J connectivity index is 2.19. The van der Waals surface area contributed by atoms with Crippen LogP contribution in [0.25, 0.3) is 0 Å². The van der Waals surface area contributed by atoms with Gasteiger partial charge in [0.05, 0.1) is 11.7 Å². The van der Waals surface area contributed by atoms with Gasteiger partial charge in [0.15, 0.2) is 0 Å². The molecule has 1 aliphatic heterocycles. The van der Waals surface area contributed by atoms with Crippen LogP contribution in [-0.4, -0.2) is 35.1 Å². The van der Waals surface area contributed by atoms with Crippen molar-refractivity contribution in [2.45, 2.75) is 6.10 Å². The number of β-amino-alcohol motifs (C(OH)–C–C–N with tert-alkyl or cyclic N) is 1. The van der Waals surface area contributed by atoms with Crippen LogP contribution < -0.4 is 5.73 Å². The van der Waals surface area contributed by atoms with E-state index in [0.29, 0.717) is 0 Å². The number of likely N-dealkylation sites (tertiary alicyclic amines) is 1. The van der Waals surface area contributed by atoms with Gasteiger partial charge in [0, 0.05) is 18.8 Å². The second-order valence-electron chi connectivity index (χ2n) is 3.60. The van der Waals surface area contributed by atoms with E-state index in [1.807, 2.05) is 0 Å². The van der Waals surface area contributed by atoms with E-state index in [1.54, 1.807) is 0 Å². The normalized spacial score (nSPS) is 16.3. The zero-order valence-electron chi connectivity index (χ0n) is 7.98. The summed E-state index contributed by atoms with van der Waals surface area (Å²) in [4.78, 5) is 13.0. The van der Waals surface area contributed by atoms with Gasteiger partial charge in [-0.15, -0.1) is 0 Å². The molecule has 3 N–H and O–H groups in total. The van der Waals surface area contributed by atoms with Gasteiger partial charge in [-0.3, -0.25) is 4.79 Å². The number of carbonyl (C=O) groups excluding carboxylic acids is 1. The van der Waals surface area contributed by atoms with E-state index in [4.69, 9.17) is 10.8 Å². The van der Waals surface area contributed by atoms with Gasteiger partial charge < -0.3 is 15.7 Å². The lowest BCUT2D eigenvalue weighted by molar-refractivity contribution is 0.00559. The molecule has 0 spiro atoms. The highest BCUT2D eigenvalue weighted by Crippen LogP contribution is 2.17. The number of nitrogens with zero attached hydrogens (tertiary/aromatic N) is 1. The Morgan fingerprint density at radius 2 is 2.20 bits per heavy atom. The number of rotatable bonds is 1. The molecule has 0 unspecified atom stereocenters. The lowest BCUT2D eigenvalue weighted by Gasteiger charge is -2.35. The summed E-state index contributed by atoms with van der Waals surface area (Å²) in [5.74, 6) is -1.03. The first kappa shape index (κ1) is 9.92. The van der Waals surface area contributed by atoms with Crippen LogP contribution in [0.1, 0.15) is 10.4 Å². The average Bonchev–Trinajstić information content (AvgIpc) is 2.12. The van der Waals surface area contributed by atoms with E-state index in [0.717, 1.165) is 6.07 Å². The van der Waals surface area contributed by atoms with Crippen LogP contribution in [0.15, 0.2) is 18.2 Å². The van der Waals surface area contributed by atoms with Crippen LogP contribution in [0.5, 0.6) is 0 Å². The van der Waals surface area contributed by atoms with Crippen molar-refractivity contribution in [1.29, 1.82) is 0 Å². The summed E-state index contributed by atoms with van der Waals surface area (Å²) in [6, 6.07) is 3.95. The molecular weight excluding hydrogens is 199 g/mol. The molecule has 1 fully saturated rings. The molecule has 1 aromatic rings. The Morgan fingerprint density at radius 3 is 2.73 bits per heavy atom. The molecule has 0 aromatic heterocycles. The molecular formula is C10H11FN2O2. The van der Waals surface area contributed by atoms with Crippen LogP contribution in [-0.2, 0) is 0 Å². The van der Waals surface area contributed by atoms with Crippen molar-refractivity contribution in [1.82, 2.24) is 4.90 Å².